The van der Waals surface area contributed by atoms with Gasteiger partial charge in [0.15, 0.2) is 0 Å². The predicted octanol–water partition coefficient (Wildman–Crippen LogP) is 3.31. The minimum absolute atomic E-state index is 0.361. The third kappa shape index (κ3) is 3.63. The fourth-order valence-corrected chi connectivity index (χ4v) is 1.76. The highest BCUT2D eigenvalue weighted by Gasteiger charge is 2.13. The maximum Gasteiger partial charge on any atom is 0.306 e. The van der Waals surface area contributed by atoms with Crippen molar-refractivity contribution in [2.75, 3.05) is 7.11 Å². The fourth-order valence-electron chi connectivity index (χ4n) is 1.58. The second kappa shape index (κ2) is 5.92. The Kier molecular flexibility index (Phi) is 4.82. The van der Waals surface area contributed by atoms with Crippen molar-refractivity contribution >= 4 is 17.6 Å². The molecule has 1 rings (SSSR count). The number of ether oxygens (including phenoxy) is 1. The first kappa shape index (κ1) is 13.8. The molecule has 0 radical (unpaired) electrons. The Morgan fingerprint density at radius 2 is 2.18 bits per heavy atom. The third-order valence-corrected chi connectivity index (χ3v) is 3.24. The molecular weight excluding hydrogens is 240 g/mol. The fraction of sp³-hybridized carbons (Fsp3) is 0.462. The number of hydrogen-bond acceptors (Lipinski definition) is 2. The Morgan fingerprint density at radius 1 is 1.53 bits per heavy atom. The lowest BCUT2D eigenvalue weighted by atomic mass is 9.99. The lowest BCUT2D eigenvalue weighted by Crippen LogP contribution is -2.10. The van der Waals surface area contributed by atoms with Gasteiger partial charge < -0.3 is 9.84 Å². The van der Waals surface area contributed by atoms with Crippen LogP contribution in [-0.2, 0) is 11.2 Å². The first-order chi connectivity index (χ1) is 7.95. The number of carboxylic acids is 1. The predicted molar refractivity (Wildman–Crippen MR) is 67.9 cm³/mol. The lowest BCUT2D eigenvalue weighted by molar-refractivity contribution is -0.141. The highest BCUT2D eigenvalue weighted by atomic mass is 35.5. The molecule has 0 heterocycles. The van der Waals surface area contributed by atoms with Crippen LogP contribution in [0.25, 0.3) is 0 Å². The van der Waals surface area contributed by atoms with E-state index in [2.05, 4.69) is 0 Å². The van der Waals surface area contributed by atoms with E-state index in [0.717, 1.165) is 16.9 Å². The molecule has 0 aliphatic carbocycles. The van der Waals surface area contributed by atoms with Gasteiger partial charge in [0.1, 0.15) is 5.75 Å². The Labute approximate surface area is 106 Å². The average molecular weight is 257 g/mol. The van der Waals surface area contributed by atoms with Gasteiger partial charge in [-0.2, -0.15) is 0 Å². The Morgan fingerprint density at radius 3 is 2.71 bits per heavy atom. The minimum atomic E-state index is -0.776. The largest absolute Gasteiger partial charge is 0.496 e. The number of hydrogen-bond donors (Lipinski definition) is 1. The Bertz CT molecular complexity index is 415. The molecule has 1 aromatic carbocycles. The van der Waals surface area contributed by atoms with E-state index >= 15 is 0 Å². The van der Waals surface area contributed by atoms with Crippen LogP contribution in [0.15, 0.2) is 12.1 Å². The lowest BCUT2D eigenvalue weighted by Gasteiger charge is -2.12. The molecule has 1 unspecified atom stereocenters. The van der Waals surface area contributed by atoms with Gasteiger partial charge in [-0.3, -0.25) is 4.79 Å². The molecule has 0 fully saturated rings. The first-order valence-electron chi connectivity index (χ1n) is 5.51. The second-order valence-corrected chi connectivity index (χ2v) is 4.60. The van der Waals surface area contributed by atoms with Crippen molar-refractivity contribution in [2.24, 2.45) is 5.92 Å². The molecule has 17 heavy (non-hydrogen) atoms. The number of benzene rings is 1. The summed E-state index contributed by atoms with van der Waals surface area (Å²) in [5.41, 5.74) is 1.91. The van der Waals surface area contributed by atoms with E-state index in [9.17, 15) is 4.79 Å². The molecule has 94 valence electrons. The molecule has 0 amide bonds. The van der Waals surface area contributed by atoms with Crippen molar-refractivity contribution in [3.8, 4) is 5.75 Å². The second-order valence-electron chi connectivity index (χ2n) is 4.19. The van der Waals surface area contributed by atoms with Crippen LogP contribution in [0.1, 0.15) is 24.5 Å². The van der Waals surface area contributed by atoms with Crippen LogP contribution in [0.2, 0.25) is 5.02 Å². The summed E-state index contributed by atoms with van der Waals surface area (Å²) in [6, 6.07) is 3.73. The molecule has 0 aliphatic heterocycles. The van der Waals surface area contributed by atoms with Crippen molar-refractivity contribution < 1.29 is 14.6 Å². The van der Waals surface area contributed by atoms with Crippen LogP contribution in [0, 0.1) is 12.8 Å². The smallest absolute Gasteiger partial charge is 0.306 e. The van der Waals surface area contributed by atoms with E-state index in [4.69, 9.17) is 21.4 Å². The van der Waals surface area contributed by atoms with Crippen molar-refractivity contribution in [3.63, 3.8) is 0 Å². The molecule has 0 bridgehead atoms. The maximum atomic E-state index is 10.7. The topological polar surface area (TPSA) is 46.5 Å². The van der Waals surface area contributed by atoms with Crippen LogP contribution in [-0.4, -0.2) is 18.2 Å². The van der Waals surface area contributed by atoms with E-state index in [1.165, 1.54) is 0 Å². The molecule has 0 aromatic heterocycles. The number of rotatable bonds is 5. The summed E-state index contributed by atoms with van der Waals surface area (Å²) in [6.45, 7) is 3.61. The van der Waals surface area contributed by atoms with Crippen LogP contribution >= 0.6 is 11.6 Å². The number of aliphatic carboxylic acids is 1. The van der Waals surface area contributed by atoms with E-state index < -0.39 is 5.97 Å². The normalized spacial score (nSPS) is 12.2. The van der Waals surface area contributed by atoms with Gasteiger partial charge in [0.05, 0.1) is 13.0 Å². The molecular formula is C13H17ClO3. The van der Waals surface area contributed by atoms with Crippen LogP contribution in [0.3, 0.4) is 0 Å². The highest BCUT2D eigenvalue weighted by molar-refractivity contribution is 6.31. The van der Waals surface area contributed by atoms with Crippen molar-refractivity contribution in [2.45, 2.75) is 26.7 Å². The molecule has 4 heteroatoms. The summed E-state index contributed by atoms with van der Waals surface area (Å²) in [4.78, 5) is 10.7. The Balaban J connectivity index is 2.83. The summed E-state index contributed by atoms with van der Waals surface area (Å²) in [5.74, 6) is -0.369. The van der Waals surface area contributed by atoms with Gasteiger partial charge >= 0.3 is 5.97 Å². The van der Waals surface area contributed by atoms with Crippen LogP contribution < -0.4 is 4.74 Å². The monoisotopic (exact) mass is 256 g/mol. The summed E-state index contributed by atoms with van der Waals surface area (Å²) in [7, 11) is 1.60. The zero-order chi connectivity index (χ0) is 13.0. The van der Waals surface area contributed by atoms with Gasteiger partial charge in [0.25, 0.3) is 0 Å². The zero-order valence-electron chi connectivity index (χ0n) is 10.3. The quantitative estimate of drug-likeness (QED) is 0.879. The molecule has 0 saturated heterocycles. The van der Waals surface area contributed by atoms with E-state index in [0.29, 0.717) is 17.9 Å². The number of aryl methyl sites for hydroxylation is 2. The van der Waals surface area contributed by atoms with Crippen molar-refractivity contribution in [1.82, 2.24) is 0 Å². The molecule has 0 aliphatic rings. The van der Waals surface area contributed by atoms with Crippen molar-refractivity contribution in [3.05, 3.63) is 28.3 Å². The average Bonchev–Trinajstić information content (AvgIpc) is 2.29. The number of carbonyl (C=O) groups is 1. The van der Waals surface area contributed by atoms with Gasteiger partial charge in [0, 0.05) is 5.02 Å². The number of methoxy groups -OCH3 is 1. The van der Waals surface area contributed by atoms with E-state index in [1.54, 1.807) is 14.0 Å². The van der Waals surface area contributed by atoms with Gasteiger partial charge in [-0.05, 0) is 43.0 Å². The van der Waals surface area contributed by atoms with E-state index in [1.807, 2.05) is 19.1 Å². The standard InChI is InChI=1S/C13H17ClO3/c1-8(13(15)16)4-5-10-7-11(14)9(2)6-12(10)17-3/h6-8H,4-5H2,1-3H3,(H,15,16). The van der Waals surface area contributed by atoms with Crippen molar-refractivity contribution in [1.29, 1.82) is 0 Å². The summed E-state index contributed by atoms with van der Waals surface area (Å²) < 4.78 is 5.27. The van der Waals surface area contributed by atoms with Gasteiger partial charge in [-0.15, -0.1) is 0 Å². The van der Waals surface area contributed by atoms with E-state index in [-0.39, 0.29) is 5.92 Å². The molecule has 1 atom stereocenters. The van der Waals surface area contributed by atoms with Gasteiger partial charge in [-0.1, -0.05) is 18.5 Å². The maximum absolute atomic E-state index is 10.7. The first-order valence-corrected chi connectivity index (χ1v) is 5.89. The van der Waals surface area contributed by atoms with Gasteiger partial charge in [-0.25, -0.2) is 0 Å². The molecule has 3 nitrogen and oxygen atoms in total. The summed E-state index contributed by atoms with van der Waals surface area (Å²) >= 11 is 6.05. The molecule has 1 N–H and O–H groups in total. The minimum Gasteiger partial charge on any atom is -0.496 e. The molecule has 1 aromatic rings. The molecule has 0 saturated carbocycles. The van der Waals surface area contributed by atoms with Crippen LogP contribution in [0.5, 0.6) is 5.75 Å². The summed E-state index contributed by atoms with van der Waals surface area (Å²) in [5, 5.41) is 9.51. The summed E-state index contributed by atoms with van der Waals surface area (Å²) in [6.07, 6.45) is 1.22. The zero-order valence-corrected chi connectivity index (χ0v) is 11.0. The van der Waals surface area contributed by atoms with Crippen LogP contribution in [0.4, 0.5) is 0 Å². The third-order valence-electron chi connectivity index (χ3n) is 2.83. The SMILES string of the molecule is COc1cc(C)c(Cl)cc1CCC(C)C(=O)O. The number of carboxylic acid groups (broad SMARTS) is 1. The molecule has 0 spiro atoms. The Hall–Kier alpha value is -1.22. The number of halogens is 1. The highest BCUT2D eigenvalue weighted by Crippen LogP contribution is 2.28. The van der Waals surface area contributed by atoms with Gasteiger partial charge in [0.2, 0.25) is 0 Å².